The van der Waals surface area contributed by atoms with Crippen molar-refractivity contribution >= 4 is 119 Å². The van der Waals surface area contributed by atoms with E-state index < -0.39 is 38.3 Å². The van der Waals surface area contributed by atoms with Gasteiger partial charge in [0, 0.05) is 16.0 Å². The fourth-order valence-corrected chi connectivity index (χ4v) is 7.80. The topological polar surface area (TPSA) is 148 Å². The van der Waals surface area contributed by atoms with Crippen molar-refractivity contribution in [3.05, 3.63) is 104 Å². The number of pyridine rings is 1. The van der Waals surface area contributed by atoms with Gasteiger partial charge in [0.15, 0.2) is 17.3 Å². The van der Waals surface area contributed by atoms with Crippen LogP contribution in [0.3, 0.4) is 0 Å². The molecule has 0 spiro atoms. The number of hydrogen-bond donors (Lipinski definition) is 1. The zero-order chi connectivity index (χ0) is 33.0. The first-order chi connectivity index (χ1) is 21.0. The van der Waals surface area contributed by atoms with Gasteiger partial charge in [-0.1, -0.05) is 75.7 Å². The average Bonchev–Trinajstić information content (AvgIpc) is 3.44. The van der Waals surface area contributed by atoms with Gasteiger partial charge in [0.1, 0.15) is 11.6 Å². The molecule has 0 saturated carbocycles. The van der Waals surface area contributed by atoms with Crippen molar-refractivity contribution in [1.29, 1.82) is 0 Å². The summed E-state index contributed by atoms with van der Waals surface area (Å²) in [5.41, 5.74) is -0.773. The molecule has 1 heterocycles. The predicted molar refractivity (Wildman–Crippen MR) is 172 cm³/mol. The normalized spacial score (nSPS) is 15.0. The largest absolute Gasteiger partial charge is 0.294 e. The van der Waals surface area contributed by atoms with E-state index in [-0.39, 0.29) is 85.8 Å². The van der Waals surface area contributed by atoms with Gasteiger partial charge in [0.25, 0.3) is 10.1 Å². The van der Waals surface area contributed by atoms with E-state index >= 15 is 0 Å². The van der Waals surface area contributed by atoms with Gasteiger partial charge in [0.05, 0.1) is 63.5 Å². The molecule has 9 nitrogen and oxygen atoms in total. The summed E-state index contributed by atoms with van der Waals surface area (Å²) in [5.74, 6) is -4.23. The van der Waals surface area contributed by atoms with E-state index in [1.54, 1.807) is 13.8 Å². The molecule has 4 aromatic rings. The smallest absolute Gasteiger partial charge is 0.293 e. The molecule has 6 rings (SSSR count). The van der Waals surface area contributed by atoms with Gasteiger partial charge in [-0.15, -0.1) is 4.91 Å². The van der Waals surface area contributed by atoms with Gasteiger partial charge in [-0.2, -0.15) is 8.42 Å². The molecular formula is C29H12Cl6N2O7S. The van der Waals surface area contributed by atoms with Crippen molar-refractivity contribution in [2.45, 2.75) is 24.7 Å². The maximum absolute atomic E-state index is 13.8. The van der Waals surface area contributed by atoms with Crippen molar-refractivity contribution in [2.75, 3.05) is 0 Å². The van der Waals surface area contributed by atoms with Crippen LogP contribution in [-0.2, 0) is 10.1 Å². The number of fused-ring (bicyclic) bond motifs is 3. The number of nitroso groups, excluding NO2 is 1. The number of ketones is 3. The summed E-state index contributed by atoms with van der Waals surface area (Å²) >= 11 is 37.8. The first-order valence-corrected chi connectivity index (χ1v) is 16.2. The number of carbonyl (C=O) groups is 3. The van der Waals surface area contributed by atoms with E-state index in [1.165, 1.54) is 12.1 Å². The van der Waals surface area contributed by atoms with E-state index in [0.717, 1.165) is 12.1 Å². The molecule has 228 valence electrons. The Balaban J connectivity index is 1.65. The molecule has 2 aliphatic rings. The highest BCUT2D eigenvalue weighted by Crippen LogP contribution is 2.50. The maximum atomic E-state index is 13.8. The van der Waals surface area contributed by atoms with Crippen LogP contribution in [0.15, 0.2) is 34.3 Å². The minimum atomic E-state index is -4.87. The van der Waals surface area contributed by atoms with Gasteiger partial charge in [-0.05, 0) is 53.9 Å². The highest BCUT2D eigenvalue weighted by Gasteiger charge is 2.46. The summed E-state index contributed by atoms with van der Waals surface area (Å²) in [5, 5.41) is 2.17. The first-order valence-electron chi connectivity index (χ1n) is 12.5. The molecule has 0 aliphatic heterocycles. The quantitative estimate of drug-likeness (QED) is 0.0716. The minimum absolute atomic E-state index is 0.000789. The van der Waals surface area contributed by atoms with Crippen LogP contribution in [0.25, 0.3) is 22.2 Å². The molecule has 0 fully saturated rings. The van der Waals surface area contributed by atoms with Crippen LogP contribution < -0.4 is 0 Å². The standard InChI is InChI=1S/C29H12Cl6N2O7S/c1-7-13-16(20(31)8(2)19(7)30)29(40)15(26(13)37-41)12-4-3-9-5-10(45(42,43)44)6-11(25(9)36-12)14-27(38)17-18(28(14)39)22(33)24(35)23(34)21(17)32/h3-6,14H,1-2H3,(H,42,43,44). The number of benzene rings is 3. The van der Waals surface area contributed by atoms with Crippen LogP contribution >= 0.6 is 69.6 Å². The fourth-order valence-electron chi connectivity index (χ4n) is 5.69. The number of hydrogen-bond acceptors (Lipinski definition) is 8. The molecule has 45 heavy (non-hydrogen) atoms. The van der Waals surface area contributed by atoms with Crippen LogP contribution in [0.4, 0.5) is 0 Å². The number of nitrogens with zero attached hydrogens (tertiary/aromatic N) is 2. The van der Waals surface area contributed by atoms with Crippen LogP contribution in [-0.4, -0.2) is 35.3 Å². The molecule has 1 N–H and O–H groups in total. The lowest BCUT2D eigenvalue weighted by atomic mass is 9.91. The predicted octanol–water partition coefficient (Wildman–Crippen LogP) is 9.01. The van der Waals surface area contributed by atoms with Gasteiger partial charge < -0.3 is 0 Å². The summed E-state index contributed by atoms with van der Waals surface area (Å²) in [4.78, 5) is 57.4. The van der Waals surface area contributed by atoms with E-state index in [4.69, 9.17) is 69.6 Å². The molecular weight excluding hydrogens is 733 g/mol. The number of carbonyl (C=O) groups excluding carboxylic acids is 3. The van der Waals surface area contributed by atoms with Crippen molar-refractivity contribution in [2.24, 2.45) is 5.18 Å². The Kier molecular flexibility index (Phi) is 7.70. The number of rotatable bonds is 4. The summed E-state index contributed by atoms with van der Waals surface area (Å²) in [6.45, 7) is 3.20. The lowest BCUT2D eigenvalue weighted by Crippen LogP contribution is -2.15. The molecule has 0 bridgehead atoms. The number of aromatic nitrogens is 1. The Morgan fingerprint density at radius 3 is 1.87 bits per heavy atom. The fraction of sp³-hybridized carbons (Fsp3) is 0.103. The zero-order valence-corrected chi connectivity index (χ0v) is 27.7. The average molecular weight is 745 g/mol. The van der Waals surface area contributed by atoms with Crippen molar-refractivity contribution in [3.8, 4) is 0 Å². The van der Waals surface area contributed by atoms with Crippen LogP contribution in [0, 0.1) is 18.8 Å². The molecule has 0 unspecified atom stereocenters. The highest BCUT2D eigenvalue weighted by atomic mass is 35.5. The molecule has 0 radical (unpaired) electrons. The Bertz CT molecular complexity index is 2270. The highest BCUT2D eigenvalue weighted by molar-refractivity contribution is 7.85. The number of Topliss-reactive ketones (excluding diaryl/α,β-unsaturated/α-hetero) is 3. The Hall–Kier alpha value is -2.93. The molecule has 16 heteroatoms. The van der Waals surface area contributed by atoms with Crippen LogP contribution in [0.1, 0.15) is 64.9 Å². The number of halogens is 6. The second-order valence-corrected chi connectivity index (χ2v) is 13.9. The van der Waals surface area contributed by atoms with E-state index in [2.05, 4.69) is 10.2 Å². The third kappa shape index (κ3) is 4.50. The molecule has 0 saturated heterocycles. The molecule has 2 aliphatic carbocycles. The lowest BCUT2D eigenvalue weighted by Gasteiger charge is -2.14. The summed E-state index contributed by atoms with van der Waals surface area (Å²) < 4.78 is 34.4. The van der Waals surface area contributed by atoms with E-state index in [1.807, 2.05) is 0 Å². The SMILES string of the molecule is Cc1c(Cl)c(C)c2c(c1Cl)C(=O)C(c1ccc3cc(S(=O)(=O)O)cc(C4C(=O)c5c(Cl)c(Cl)c(Cl)c(Cl)c5C4=O)c3n1)=C2N=O. The van der Waals surface area contributed by atoms with Crippen molar-refractivity contribution in [3.63, 3.8) is 0 Å². The van der Waals surface area contributed by atoms with Crippen LogP contribution in [0.5, 0.6) is 0 Å². The van der Waals surface area contributed by atoms with Gasteiger partial charge in [-0.25, -0.2) is 4.98 Å². The van der Waals surface area contributed by atoms with Crippen molar-refractivity contribution in [1.82, 2.24) is 4.98 Å². The Labute approximate surface area is 283 Å². The third-order valence-corrected chi connectivity index (χ3v) is 11.5. The second-order valence-electron chi connectivity index (χ2n) is 10.2. The first kappa shape index (κ1) is 32.0. The second kappa shape index (κ2) is 10.8. The summed E-state index contributed by atoms with van der Waals surface area (Å²) in [7, 11) is -4.87. The Morgan fingerprint density at radius 2 is 1.33 bits per heavy atom. The monoisotopic (exact) mass is 742 g/mol. The maximum Gasteiger partial charge on any atom is 0.294 e. The lowest BCUT2D eigenvalue weighted by molar-refractivity contribution is 0.0889. The summed E-state index contributed by atoms with van der Waals surface area (Å²) in [6, 6.07) is 4.59. The van der Waals surface area contributed by atoms with Gasteiger partial charge >= 0.3 is 0 Å². The zero-order valence-electron chi connectivity index (χ0n) is 22.4. The molecule has 0 amide bonds. The van der Waals surface area contributed by atoms with Crippen molar-refractivity contribution < 1.29 is 27.4 Å². The molecule has 0 atom stereocenters. The van der Waals surface area contributed by atoms with Crippen LogP contribution in [0.2, 0.25) is 30.1 Å². The molecule has 3 aromatic carbocycles. The van der Waals surface area contributed by atoms with Gasteiger partial charge in [0.2, 0.25) is 0 Å². The van der Waals surface area contributed by atoms with E-state index in [9.17, 15) is 32.3 Å². The van der Waals surface area contributed by atoms with Gasteiger partial charge in [-0.3, -0.25) is 18.9 Å². The number of allylic oxidation sites excluding steroid dienone is 1. The molecule has 1 aromatic heterocycles. The van der Waals surface area contributed by atoms with E-state index in [0.29, 0.717) is 11.1 Å². The minimum Gasteiger partial charge on any atom is -0.293 e. The third-order valence-electron chi connectivity index (χ3n) is 7.80. The Morgan fingerprint density at radius 1 is 0.756 bits per heavy atom. The summed E-state index contributed by atoms with van der Waals surface area (Å²) in [6.07, 6.45) is 0.